The third kappa shape index (κ3) is 1.87. The lowest BCUT2D eigenvalue weighted by Gasteiger charge is -2.26. The molecular weight excluding hydrogens is 200 g/mol. The second kappa shape index (κ2) is 3.24. The van der Waals surface area contributed by atoms with Gasteiger partial charge in [-0.1, -0.05) is 12.1 Å². The van der Waals surface area contributed by atoms with Crippen molar-refractivity contribution >= 4 is 0 Å². The Morgan fingerprint density at radius 3 is 1.86 bits per heavy atom. The van der Waals surface area contributed by atoms with E-state index in [2.05, 4.69) is 0 Å². The molecule has 14 heavy (non-hydrogen) atoms. The van der Waals surface area contributed by atoms with E-state index in [0.717, 1.165) is 24.3 Å². The number of benzene rings is 1. The van der Waals surface area contributed by atoms with Crippen molar-refractivity contribution in [2.75, 3.05) is 0 Å². The molecule has 1 nitrogen and oxygen atoms in total. The van der Waals surface area contributed by atoms with Gasteiger partial charge in [0.1, 0.15) is 5.82 Å². The maximum Gasteiger partial charge on any atom is 0.421 e. The van der Waals surface area contributed by atoms with Gasteiger partial charge in [0.25, 0.3) is 0 Å². The number of hydrogen-bond donors (Lipinski definition) is 1. The molecule has 1 N–H and O–H groups in total. The van der Waals surface area contributed by atoms with Gasteiger partial charge in [0.2, 0.25) is 0 Å². The van der Waals surface area contributed by atoms with Gasteiger partial charge in [-0.05, 0) is 24.6 Å². The molecule has 1 aromatic carbocycles. The van der Waals surface area contributed by atoms with Crippen molar-refractivity contribution in [1.82, 2.24) is 0 Å². The SMILES string of the molecule is CC(O)(c1ccc(F)cc1)C(F)(F)F. The van der Waals surface area contributed by atoms with Crippen LogP contribution < -0.4 is 0 Å². The van der Waals surface area contributed by atoms with Gasteiger partial charge in [-0.25, -0.2) is 4.39 Å². The summed E-state index contributed by atoms with van der Waals surface area (Å²) in [4.78, 5) is 0. The van der Waals surface area contributed by atoms with E-state index in [9.17, 15) is 17.6 Å². The number of aliphatic hydroxyl groups is 1. The second-order valence-corrected chi connectivity index (χ2v) is 3.08. The molecule has 0 saturated carbocycles. The molecule has 0 amide bonds. The lowest BCUT2D eigenvalue weighted by atomic mass is 9.95. The van der Waals surface area contributed by atoms with E-state index in [4.69, 9.17) is 5.11 Å². The Balaban J connectivity index is 3.10. The van der Waals surface area contributed by atoms with Crippen molar-refractivity contribution in [3.8, 4) is 0 Å². The van der Waals surface area contributed by atoms with Gasteiger partial charge in [0.05, 0.1) is 0 Å². The van der Waals surface area contributed by atoms with Crippen LogP contribution in [0.3, 0.4) is 0 Å². The Kier molecular flexibility index (Phi) is 2.54. The minimum Gasteiger partial charge on any atom is -0.376 e. The zero-order valence-corrected chi connectivity index (χ0v) is 7.27. The Morgan fingerprint density at radius 2 is 1.50 bits per heavy atom. The summed E-state index contributed by atoms with van der Waals surface area (Å²) in [7, 11) is 0. The Morgan fingerprint density at radius 1 is 1.07 bits per heavy atom. The molecule has 1 unspecified atom stereocenters. The van der Waals surface area contributed by atoms with Crippen LogP contribution in [-0.2, 0) is 5.60 Å². The molecule has 0 heterocycles. The number of halogens is 4. The second-order valence-electron chi connectivity index (χ2n) is 3.08. The van der Waals surface area contributed by atoms with Crippen LogP contribution >= 0.6 is 0 Å². The van der Waals surface area contributed by atoms with Gasteiger partial charge < -0.3 is 5.11 Å². The van der Waals surface area contributed by atoms with Gasteiger partial charge in [-0.2, -0.15) is 13.2 Å². The zero-order chi connectivity index (χ0) is 11.0. The number of alkyl halides is 3. The molecule has 0 aliphatic heterocycles. The van der Waals surface area contributed by atoms with Crippen LogP contribution in [0.1, 0.15) is 12.5 Å². The third-order valence-corrected chi connectivity index (χ3v) is 1.96. The van der Waals surface area contributed by atoms with Crippen LogP contribution in [-0.4, -0.2) is 11.3 Å². The highest BCUT2D eigenvalue weighted by Gasteiger charge is 2.50. The molecular formula is C9H8F4O. The maximum absolute atomic E-state index is 12.4. The summed E-state index contributed by atoms with van der Waals surface area (Å²) in [5, 5.41) is 9.17. The Hall–Kier alpha value is -1.10. The van der Waals surface area contributed by atoms with Gasteiger partial charge in [-0.3, -0.25) is 0 Å². The van der Waals surface area contributed by atoms with Gasteiger partial charge in [0, 0.05) is 0 Å². The minimum absolute atomic E-state index is 0.383. The molecule has 0 radical (unpaired) electrons. The lowest BCUT2D eigenvalue weighted by molar-refractivity contribution is -0.258. The fourth-order valence-electron chi connectivity index (χ4n) is 0.938. The zero-order valence-electron chi connectivity index (χ0n) is 7.27. The van der Waals surface area contributed by atoms with E-state index in [-0.39, 0.29) is 5.56 Å². The first kappa shape index (κ1) is 11.0. The van der Waals surface area contributed by atoms with Crippen LogP contribution in [0, 0.1) is 5.82 Å². The van der Waals surface area contributed by atoms with Gasteiger partial charge in [0.15, 0.2) is 5.60 Å². The van der Waals surface area contributed by atoms with E-state index in [1.807, 2.05) is 0 Å². The standard InChI is InChI=1S/C9H8F4O/c1-8(14,9(11,12)13)6-2-4-7(10)5-3-6/h2-5,14H,1H3. The third-order valence-electron chi connectivity index (χ3n) is 1.96. The van der Waals surface area contributed by atoms with Crippen LogP contribution in [0.5, 0.6) is 0 Å². The molecule has 0 saturated heterocycles. The summed E-state index contributed by atoms with van der Waals surface area (Å²) < 4.78 is 49.2. The van der Waals surface area contributed by atoms with Crippen LogP contribution in [0.15, 0.2) is 24.3 Å². The summed E-state index contributed by atoms with van der Waals surface area (Å²) in [5.41, 5.74) is -3.33. The Labute approximate surface area is 78.0 Å². The van der Waals surface area contributed by atoms with Crippen molar-refractivity contribution < 1.29 is 22.7 Å². The predicted octanol–water partition coefficient (Wildman–Crippen LogP) is 2.60. The predicted molar refractivity (Wildman–Crippen MR) is 42.0 cm³/mol. The molecule has 78 valence electrons. The smallest absolute Gasteiger partial charge is 0.376 e. The molecule has 0 bridgehead atoms. The van der Waals surface area contributed by atoms with E-state index in [1.165, 1.54) is 0 Å². The first-order chi connectivity index (χ1) is 6.25. The van der Waals surface area contributed by atoms with Gasteiger partial charge in [-0.15, -0.1) is 0 Å². The van der Waals surface area contributed by atoms with E-state index in [0.29, 0.717) is 6.92 Å². The molecule has 1 rings (SSSR count). The highest BCUT2D eigenvalue weighted by atomic mass is 19.4. The number of hydrogen-bond acceptors (Lipinski definition) is 1. The van der Waals surface area contributed by atoms with Crippen LogP contribution in [0.25, 0.3) is 0 Å². The fraction of sp³-hybridized carbons (Fsp3) is 0.333. The normalized spacial score (nSPS) is 16.4. The lowest BCUT2D eigenvalue weighted by Crippen LogP contribution is -2.39. The highest BCUT2D eigenvalue weighted by molar-refractivity contribution is 5.23. The molecule has 1 atom stereocenters. The van der Waals surface area contributed by atoms with E-state index < -0.39 is 17.6 Å². The molecule has 0 spiro atoms. The van der Waals surface area contributed by atoms with Crippen molar-refractivity contribution in [3.05, 3.63) is 35.6 Å². The van der Waals surface area contributed by atoms with Crippen molar-refractivity contribution in [1.29, 1.82) is 0 Å². The topological polar surface area (TPSA) is 20.2 Å². The van der Waals surface area contributed by atoms with Crippen molar-refractivity contribution in [2.24, 2.45) is 0 Å². The summed E-state index contributed by atoms with van der Waals surface area (Å²) in [5.74, 6) is -0.647. The van der Waals surface area contributed by atoms with Crippen molar-refractivity contribution in [2.45, 2.75) is 18.7 Å². The molecule has 5 heteroatoms. The summed E-state index contributed by atoms with van der Waals surface area (Å²) in [6.45, 7) is 0.625. The summed E-state index contributed by atoms with van der Waals surface area (Å²) in [6, 6.07) is 3.55. The molecule has 1 aromatic rings. The molecule has 0 aliphatic rings. The van der Waals surface area contributed by atoms with E-state index >= 15 is 0 Å². The summed E-state index contributed by atoms with van der Waals surface area (Å²) >= 11 is 0. The van der Waals surface area contributed by atoms with Crippen LogP contribution in [0.2, 0.25) is 0 Å². The van der Waals surface area contributed by atoms with Crippen LogP contribution in [0.4, 0.5) is 17.6 Å². The quantitative estimate of drug-likeness (QED) is 0.703. The Bertz CT molecular complexity index is 313. The fourth-order valence-corrected chi connectivity index (χ4v) is 0.938. The number of rotatable bonds is 1. The molecule has 0 aromatic heterocycles. The average molecular weight is 208 g/mol. The highest BCUT2D eigenvalue weighted by Crippen LogP contribution is 2.38. The van der Waals surface area contributed by atoms with Crippen molar-refractivity contribution in [3.63, 3.8) is 0 Å². The van der Waals surface area contributed by atoms with E-state index in [1.54, 1.807) is 0 Å². The maximum atomic E-state index is 12.4. The monoisotopic (exact) mass is 208 g/mol. The molecule has 0 aliphatic carbocycles. The molecule has 0 fully saturated rings. The minimum atomic E-state index is -4.77. The first-order valence-corrected chi connectivity index (χ1v) is 3.80. The largest absolute Gasteiger partial charge is 0.421 e. The summed E-state index contributed by atoms with van der Waals surface area (Å²) in [6.07, 6.45) is -4.77. The van der Waals surface area contributed by atoms with Gasteiger partial charge >= 0.3 is 6.18 Å². The first-order valence-electron chi connectivity index (χ1n) is 3.80. The average Bonchev–Trinajstić information content (AvgIpc) is 2.03.